The summed E-state index contributed by atoms with van der Waals surface area (Å²) in [7, 11) is 1.01. The second kappa shape index (κ2) is 17.5. The van der Waals surface area contributed by atoms with Crippen molar-refractivity contribution in [2.24, 2.45) is 17.8 Å². The van der Waals surface area contributed by atoms with Crippen molar-refractivity contribution < 1.29 is 78.3 Å². The smallest absolute Gasteiger partial charge is 0.315 e. The SMILES string of the molecule is COC(=O)C1C(OC(C)=O)C(C)C(O)C(C)(O)/C=C(\C)C2=C3C(=C(C)C(=O)c4c(O)c(c(C)c(OC(C)=O)c43)NC(=O)/C(C)=C/C=C\[C@](C)(O)C(O)[C@@H](C)C1O)OCO2. The number of Topliss-reactive ketones (excluding diaryl/α,β-unsaturated/α-hetero) is 1. The standard InChI is InChI=1S/C42H53NO16/c1-17-13-12-14-41(9,53)37(49)21(5)31(47)28(40(52)55-11)36(59-24(8)45)22(6)38(50)42(10,54)15-18(2)33-27-25-26(30(46)20(4)34(27)57-16-56-33)32(48)29(43-39(17)51)19(3)35(25)58-23(7)44/h12-15,21-22,28,31,36-38,47-50,53-54H,16H2,1-11H3,(H,43,51)/b14-12-,17-13+,18-15+/t21-,22?,28?,31?,36?,37?,38?,41-,42?/m0/s1. The van der Waals surface area contributed by atoms with Crippen LogP contribution < -0.4 is 10.1 Å². The van der Waals surface area contributed by atoms with E-state index in [4.69, 9.17) is 23.7 Å². The van der Waals surface area contributed by atoms with Crippen LogP contribution in [-0.2, 0) is 38.1 Å². The summed E-state index contributed by atoms with van der Waals surface area (Å²) in [5.41, 5.74) is -5.03. The first kappa shape index (κ1) is 46.4. The molecule has 5 rings (SSSR count). The number of ketones is 1. The number of ether oxygens (including phenoxy) is 5. The van der Waals surface area contributed by atoms with Crippen LogP contribution in [0.1, 0.15) is 83.8 Å². The summed E-state index contributed by atoms with van der Waals surface area (Å²) in [4.78, 5) is 66.1. The lowest BCUT2D eigenvalue weighted by Gasteiger charge is -2.41. The van der Waals surface area contributed by atoms with E-state index in [2.05, 4.69) is 5.32 Å². The Balaban J connectivity index is 2.12. The Morgan fingerprint density at radius 2 is 1.46 bits per heavy atom. The largest absolute Gasteiger partial charge is 0.505 e. The number of phenols is 1. The number of fused-ring (bicyclic) bond motifs is 14. The molecule has 1 amide bonds. The molecule has 0 aromatic heterocycles. The predicted molar refractivity (Wildman–Crippen MR) is 209 cm³/mol. The third-order valence-corrected chi connectivity index (χ3v) is 10.9. The van der Waals surface area contributed by atoms with E-state index >= 15 is 0 Å². The molecule has 0 saturated carbocycles. The van der Waals surface area contributed by atoms with Gasteiger partial charge in [0.05, 0.1) is 42.2 Å². The number of esters is 3. The highest BCUT2D eigenvalue weighted by Crippen LogP contribution is 2.53. The number of nitrogens with one attached hydrogen (secondary N) is 1. The molecule has 1 aromatic carbocycles. The van der Waals surface area contributed by atoms with Gasteiger partial charge in [-0.3, -0.25) is 24.0 Å². The molecule has 0 radical (unpaired) electrons. The predicted octanol–water partition coefficient (Wildman–Crippen LogP) is 2.79. The van der Waals surface area contributed by atoms with Gasteiger partial charge in [0, 0.05) is 48.0 Å². The van der Waals surface area contributed by atoms with Crippen molar-refractivity contribution in [2.45, 2.75) is 105 Å². The van der Waals surface area contributed by atoms with E-state index in [1.165, 1.54) is 73.6 Å². The second-order valence-electron chi connectivity index (χ2n) is 15.6. The van der Waals surface area contributed by atoms with Crippen molar-refractivity contribution in [3.05, 3.63) is 69.2 Å². The van der Waals surface area contributed by atoms with Gasteiger partial charge in [-0.2, -0.15) is 0 Å². The number of anilines is 1. The molecule has 7 N–H and O–H groups in total. The molecule has 322 valence electrons. The summed E-state index contributed by atoms with van der Waals surface area (Å²) >= 11 is 0. The van der Waals surface area contributed by atoms with Gasteiger partial charge in [-0.15, -0.1) is 0 Å². The van der Waals surface area contributed by atoms with Crippen LogP contribution in [0.2, 0.25) is 0 Å². The topological polar surface area (TPSA) is 265 Å². The molecule has 1 aliphatic carbocycles. The summed E-state index contributed by atoms with van der Waals surface area (Å²) in [6.45, 7) is 12.5. The maximum Gasteiger partial charge on any atom is 0.315 e. The number of carbonyl (C=O) groups is 5. The number of phenolic OH excluding ortho intramolecular Hbond substituents is 1. The van der Waals surface area contributed by atoms with Crippen LogP contribution in [0.15, 0.2) is 52.5 Å². The van der Waals surface area contributed by atoms with E-state index in [-0.39, 0.29) is 61.9 Å². The van der Waals surface area contributed by atoms with Crippen molar-refractivity contribution >= 4 is 40.9 Å². The van der Waals surface area contributed by atoms with Crippen molar-refractivity contribution in [1.82, 2.24) is 0 Å². The monoisotopic (exact) mass is 827 g/mol. The summed E-state index contributed by atoms with van der Waals surface area (Å²) in [6.07, 6.45) is -2.49. The van der Waals surface area contributed by atoms with E-state index in [1.54, 1.807) is 0 Å². The quantitative estimate of drug-likeness (QED) is 0.131. The van der Waals surface area contributed by atoms with Gasteiger partial charge in [0.2, 0.25) is 6.79 Å². The number of methoxy groups -OCH3 is 1. The normalized spacial score (nSPS) is 33.0. The zero-order valence-electron chi connectivity index (χ0n) is 34.8. The lowest BCUT2D eigenvalue weighted by atomic mass is 9.74. The molecule has 0 spiro atoms. The highest BCUT2D eigenvalue weighted by molar-refractivity contribution is 6.21. The van der Waals surface area contributed by atoms with Crippen LogP contribution in [0, 0.1) is 24.7 Å². The number of allylic oxidation sites excluding steroid dienone is 5. The van der Waals surface area contributed by atoms with Gasteiger partial charge in [0.25, 0.3) is 5.91 Å². The first-order valence-electron chi connectivity index (χ1n) is 18.8. The molecule has 59 heavy (non-hydrogen) atoms. The van der Waals surface area contributed by atoms with Gasteiger partial charge in [0.1, 0.15) is 40.5 Å². The molecular formula is C42H53NO16. The number of hydrogen-bond acceptors (Lipinski definition) is 16. The van der Waals surface area contributed by atoms with E-state index in [0.717, 1.165) is 27.0 Å². The van der Waals surface area contributed by atoms with Crippen LogP contribution in [-0.4, -0.2) is 110 Å². The van der Waals surface area contributed by atoms with Gasteiger partial charge in [0.15, 0.2) is 11.5 Å². The molecule has 0 saturated heterocycles. The molecule has 0 fully saturated rings. The highest BCUT2D eigenvalue weighted by atomic mass is 16.7. The maximum atomic E-state index is 14.0. The zero-order chi connectivity index (χ0) is 44.6. The van der Waals surface area contributed by atoms with Gasteiger partial charge in [-0.1, -0.05) is 32.1 Å². The molecular weight excluding hydrogens is 774 g/mol. The molecule has 7 unspecified atom stereocenters. The minimum absolute atomic E-state index is 0.00133. The summed E-state index contributed by atoms with van der Waals surface area (Å²) in [5, 5.41) is 72.5. The maximum absolute atomic E-state index is 14.0. The third-order valence-electron chi connectivity index (χ3n) is 10.9. The molecule has 17 heteroatoms. The third kappa shape index (κ3) is 8.99. The fraction of sp³-hybridized carbons (Fsp3) is 0.500. The second-order valence-corrected chi connectivity index (χ2v) is 15.6. The fourth-order valence-corrected chi connectivity index (χ4v) is 7.66. The Hall–Kier alpha value is -5.33. The average molecular weight is 828 g/mol. The number of rotatable bonds is 3. The number of aliphatic hydroxyl groups is 5. The molecule has 4 bridgehead atoms. The summed E-state index contributed by atoms with van der Waals surface area (Å²) in [5.74, 6) is -9.89. The first-order chi connectivity index (χ1) is 27.3. The van der Waals surface area contributed by atoms with Crippen molar-refractivity contribution in [2.75, 3.05) is 19.2 Å². The summed E-state index contributed by atoms with van der Waals surface area (Å²) in [6, 6.07) is 0. The molecule has 1 aromatic rings. The Kier molecular flexibility index (Phi) is 13.7. The van der Waals surface area contributed by atoms with E-state index in [9.17, 15) is 54.6 Å². The molecule has 3 heterocycles. The Labute approximate surface area is 341 Å². The number of carbonyl (C=O) groups excluding carboxylic acids is 5. The van der Waals surface area contributed by atoms with Gasteiger partial charge in [-0.05, 0) is 53.2 Å². The molecule has 3 aliphatic heterocycles. The van der Waals surface area contributed by atoms with Crippen LogP contribution >= 0.6 is 0 Å². The fourth-order valence-electron chi connectivity index (χ4n) is 7.66. The zero-order valence-corrected chi connectivity index (χ0v) is 34.8. The summed E-state index contributed by atoms with van der Waals surface area (Å²) < 4.78 is 27.9. The molecule has 4 aliphatic rings. The number of benzene rings is 1. The van der Waals surface area contributed by atoms with Crippen LogP contribution in [0.3, 0.4) is 0 Å². The Morgan fingerprint density at radius 1 is 0.864 bits per heavy atom. The van der Waals surface area contributed by atoms with E-state index < -0.39 is 95.5 Å². The van der Waals surface area contributed by atoms with Gasteiger partial charge in [-0.25, -0.2) is 0 Å². The number of amides is 1. The first-order valence-corrected chi connectivity index (χ1v) is 18.8. The Bertz CT molecular complexity index is 2090. The number of aliphatic hydroxyl groups excluding tert-OH is 3. The average Bonchev–Trinajstić information content (AvgIpc) is 3.16. The number of aromatic hydroxyl groups is 1. The lowest BCUT2D eigenvalue weighted by Crippen LogP contribution is -2.55. The van der Waals surface area contributed by atoms with E-state index in [0.29, 0.717) is 0 Å². The van der Waals surface area contributed by atoms with Crippen molar-refractivity contribution in [3.63, 3.8) is 0 Å². The highest BCUT2D eigenvalue weighted by Gasteiger charge is 2.50. The van der Waals surface area contributed by atoms with Gasteiger partial charge >= 0.3 is 17.9 Å². The Morgan fingerprint density at radius 3 is 2.03 bits per heavy atom. The van der Waals surface area contributed by atoms with Crippen molar-refractivity contribution in [3.8, 4) is 11.5 Å². The van der Waals surface area contributed by atoms with Crippen LogP contribution in [0.5, 0.6) is 11.5 Å². The minimum Gasteiger partial charge on any atom is -0.505 e. The number of hydrogen-bond donors (Lipinski definition) is 7. The van der Waals surface area contributed by atoms with Gasteiger partial charge < -0.3 is 59.6 Å². The lowest BCUT2D eigenvalue weighted by molar-refractivity contribution is -0.183. The minimum atomic E-state index is -2.26. The van der Waals surface area contributed by atoms with Crippen LogP contribution in [0.25, 0.3) is 5.57 Å². The van der Waals surface area contributed by atoms with Crippen molar-refractivity contribution in [1.29, 1.82) is 0 Å². The molecule has 9 atom stereocenters. The van der Waals surface area contributed by atoms with E-state index in [1.807, 2.05) is 0 Å². The molecule has 17 nitrogen and oxygen atoms in total. The van der Waals surface area contributed by atoms with Crippen LogP contribution in [0.4, 0.5) is 5.69 Å².